The highest BCUT2D eigenvalue weighted by molar-refractivity contribution is 8.13. The van der Waals surface area contributed by atoms with Crippen LogP contribution in [0, 0.1) is 5.92 Å². The number of carbonyl (C=O) groups excluding carboxylic acids is 1. The molecule has 0 saturated carbocycles. The molecule has 1 unspecified atom stereocenters. The Morgan fingerprint density at radius 2 is 2.14 bits per heavy atom. The monoisotopic (exact) mass is 345 g/mol. The molecule has 8 heteroatoms. The molecular weight excluding hydrogens is 330 g/mol. The topological polar surface area (TPSA) is 72.9 Å². The maximum Gasteiger partial charge on any atom is 0.232 e. The third-order valence-corrected chi connectivity index (χ3v) is 5.11. The number of nitrogens with zero attached hydrogens (tertiary/aromatic N) is 1. The van der Waals surface area contributed by atoms with Gasteiger partial charge in [-0.05, 0) is 18.1 Å². The van der Waals surface area contributed by atoms with Gasteiger partial charge < -0.3 is 14.4 Å². The highest BCUT2D eigenvalue weighted by Gasteiger charge is 2.32. The molecule has 0 N–H and O–H groups in total. The second-order valence-electron chi connectivity index (χ2n) is 5.52. The summed E-state index contributed by atoms with van der Waals surface area (Å²) in [5, 5.41) is 0. The Hall–Kier alpha value is -1.47. The molecule has 6 nitrogen and oxygen atoms in total. The summed E-state index contributed by atoms with van der Waals surface area (Å²) in [6, 6.07) is 5.67. The molecule has 1 saturated heterocycles. The zero-order valence-electron chi connectivity index (χ0n) is 11.8. The maximum atomic E-state index is 12.0. The van der Waals surface area contributed by atoms with Crippen molar-refractivity contribution in [3.8, 4) is 11.5 Å². The van der Waals surface area contributed by atoms with Crippen LogP contribution in [0.25, 0.3) is 0 Å². The molecule has 3 rings (SSSR count). The van der Waals surface area contributed by atoms with E-state index in [9.17, 15) is 13.2 Å². The van der Waals surface area contributed by atoms with Gasteiger partial charge in [0.1, 0.15) is 0 Å². The van der Waals surface area contributed by atoms with Crippen LogP contribution in [0.5, 0.6) is 11.5 Å². The number of likely N-dealkylation sites (tertiary alicyclic amines) is 1. The summed E-state index contributed by atoms with van der Waals surface area (Å²) in [6.07, 6.45) is 0.872. The lowest BCUT2D eigenvalue weighted by molar-refractivity contribution is -0.127. The summed E-state index contributed by atoms with van der Waals surface area (Å²) in [4.78, 5) is 13.6. The van der Waals surface area contributed by atoms with Crippen molar-refractivity contribution in [2.45, 2.75) is 12.8 Å². The van der Waals surface area contributed by atoms with E-state index in [-0.39, 0.29) is 30.8 Å². The van der Waals surface area contributed by atoms with E-state index in [4.69, 9.17) is 20.2 Å². The van der Waals surface area contributed by atoms with E-state index in [2.05, 4.69) is 0 Å². The maximum absolute atomic E-state index is 12.0. The summed E-state index contributed by atoms with van der Waals surface area (Å²) in [6.45, 7) is 1.17. The number of para-hydroxylation sites is 1. The predicted octanol–water partition coefficient (Wildman–Crippen LogP) is 1.37. The van der Waals surface area contributed by atoms with Gasteiger partial charge in [-0.1, -0.05) is 12.1 Å². The number of benzene rings is 1. The first-order chi connectivity index (χ1) is 10.4. The highest BCUT2D eigenvalue weighted by Crippen LogP contribution is 2.35. The Bertz CT molecular complexity index is 690. The summed E-state index contributed by atoms with van der Waals surface area (Å²) >= 11 is 0. The van der Waals surface area contributed by atoms with E-state index in [1.54, 1.807) is 4.90 Å². The largest absolute Gasteiger partial charge is 0.454 e. The standard InChI is InChI=1S/C14H16ClNO5S/c15-22(18,19)8-10-6-13(17)16(7-10)5-4-11-2-1-3-12-14(11)21-9-20-12/h1-3,10H,4-9H2. The van der Waals surface area contributed by atoms with E-state index in [1.807, 2.05) is 18.2 Å². The van der Waals surface area contributed by atoms with E-state index >= 15 is 0 Å². The molecule has 0 aliphatic carbocycles. The third kappa shape index (κ3) is 3.47. The van der Waals surface area contributed by atoms with Gasteiger partial charge >= 0.3 is 0 Å². The minimum absolute atomic E-state index is 0.0324. The number of carbonyl (C=O) groups is 1. The van der Waals surface area contributed by atoms with Crippen LogP contribution in [-0.4, -0.2) is 44.9 Å². The lowest BCUT2D eigenvalue weighted by Crippen LogP contribution is -2.28. The number of fused-ring (bicyclic) bond motifs is 1. The molecule has 1 amide bonds. The Balaban J connectivity index is 1.61. The van der Waals surface area contributed by atoms with Crippen molar-refractivity contribution in [2.24, 2.45) is 5.92 Å². The second-order valence-corrected chi connectivity index (χ2v) is 8.34. The molecule has 120 valence electrons. The molecular formula is C14H16ClNO5S. The highest BCUT2D eigenvalue weighted by atomic mass is 35.7. The van der Waals surface area contributed by atoms with Crippen LogP contribution in [0.3, 0.4) is 0 Å². The first kappa shape index (κ1) is 15.4. The summed E-state index contributed by atoms with van der Waals surface area (Å²) in [5.41, 5.74) is 0.983. The van der Waals surface area contributed by atoms with Crippen LogP contribution in [0.4, 0.5) is 0 Å². The minimum atomic E-state index is -3.57. The molecule has 0 aromatic heterocycles. The fourth-order valence-corrected chi connectivity index (χ4v) is 4.23. The number of hydrogen-bond acceptors (Lipinski definition) is 5. The Morgan fingerprint density at radius 3 is 2.91 bits per heavy atom. The van der Waals surface area contributed by atoms with Crippen molar-refractivity contribution >= 4 is 25.6 Å². The van der Waals surface area contributed by atoms with E-state index < -0.39 is 9.05 Å². The third-order valence-electron chi connectivity index (χ3n) is 3.86. The van der Waals surface area contributed by atoms with Crippen molar-refractivity contribution in [3.63, 3.8) is 0 Å². The molecule has 2 heterocycles. The van der Waals surface area contributed by atoms with Gasteiger partial charge in [-0.15, -0.1) is 0 Å². The van der Waals surface area contributed by atoms with Crippen LogP contribution >= 0.6 is 10.7 Å². The van der Waals surface area contributed by atoms with Gasteiger partial charge in [0.15, 0.2) is 11.5 Å². The molecule has 0 bridgehead atoms. The number of hydrogen-bond donors (Lipinski definition) is 0. The average molecular weight is 346 g/mol. The van der Waals surface area contributed by atoms with E-state index in [0.29, 0.717) is 19.5 Å². The zero-order chi connectivity index (χ0) is 15.7. The van der Waals surface area contributed by atoms with E-state index in [0.717, 1.165) is 17.1 Å². The fourth-order valence-electron chi connectivity index (χ4n) is 2.91. The van der Waals surface area contributed by atoms with Gasteiger partial charge in [0.25, 0.3) is 0 Å². The summed E-state index contributed by atoms with van der Waals surface area (Å²) < 4.78 is 33.0. The molecule has 1 aromatic carbocycles. The summed E-state index contributed by atoms with van der Waals surface area (Å²) in [7, 11) is 1.68. The van der Waals surface area contributed by atoms with Crippen molar-refractivity contribution in [2.75, 3.05) is 25.6 Å². The van der Waals surface area contributed by atoms with Gasteiger partial charge in [-0.3, -0.25) is 4.79 Å². The van der Waals surface area contributed by atoms with Gasteiger partial charge in [0.2, 0.25) is 21.8 Å². The summed E-state index contributed by atoms with van der Waals surface area (Å²) in [5.74, 6) is 1.03. The number of amides is 1. The molecule has 1 atom stereocenters. The first-order valence-electron chi connectivity index (χ1n) is 7.00. The zero-order valence-corrected chi connectivity index (χ0v) is 13.4. The molecule has 1 fully saturated rings. The lowest BCUT2D eigenvalue weighted by Gasteiger charge is -2.17. The minimum Gasteiger partial charge on any atom is -0.454 e. The van der Waals surface area contributed by atoms with Crippen LogP contribution in [0.2, 0.25) is 0 Å². The van der Waals surface area contributed by atoms with Crippen LogP contribution in [-0.2, 0) is 20.3 Å². The van der Waals surface area contributed by atoms with Crippen LogP contribution in [0.1, 0.15) is 12.0 Å². The molecule has 0 spiro atoms. The fraction of sp³-hybridized carbons (Fsp3) is 0.500. The molecule has 0 radical (unpaired) electrons. The molecule has 2 aliphatic heterocycles. The second kappa shape index (κ2) is 5.96. The quantitative estimate of drug-likeness (QED) is 0.754. The van der Waals surface area contributed by atoms with Gasteiger partial charge in [0.05, 0.1) is 5.75 Å². The van der Waals surface area contributed by atoms with Crippen molar-refractivity contribution in [1.29, 1.82) is 0 Å². The number of rotatable bonds is 5. The van der Waals surface area contributed by atoms with Crippen molar-refractivity contribution < 1.29 is 22.7 Å². The average Bonchev–Trinajstić information content (AvgIpc) is 3.01. The van der Waals surface area contributed by atoms with Gasteiger partial charge in [-0.2, -0.15) is 0 Å². The van der Waals surface area contributed by atoms with Crippen LogP contribution < -0.4 is 9.47 Å². The molecule has 1 aromatic rings. The van der Waals surface area contributed by atoms with E-state index in [1.165, 1.54) is 0 Å². The molecule has 2 aliphatic rings. The Kier molecular flexibility index (Phi) is 4.18. The lowest BCUT2D eigenvalue weighted by atomic mass is 10.1. The SMILES string of the molecule is O=C1CC(CS(=O)(=O)Cl)CN1CCc1cccc2c1OCO2. The normalized spacial score (nSPS) is 20.7. The van der Waals surface area contributed by atoms with Gasteiger partial charge in [0, 0.05) is 36.1 Å². The Morgan fingerprint density at radius 1 is 1.32 bits per heavy atom. The Labute approximate surface area is 133 Å². The molecule has 22 heavy (non-hydrogen) atoms. The van der Waals surface area contributed by atoms with Crippen molar-refractivity contribution in [1.82, 2.24) is 4.90 Å². The van der Waals surface area contributed by atoms with Gasteiger partial charge in [-0.25, -0.2) is 8.42 Å². The number of ether oxygens (including phenoxy) is 2. The van der Waals surface area contributed by atoms with Crippen molar-refractivity contribution in [3.05, 3.63) is 23.8 Å². The van der Waals surface area contributed by atoms with Crippen LogP contribution in [0.15, 0.2) is 18.2 Å². The predicted molar refractivity (Wildman–Crippen MR) is 80.6 cm³/mol. The first-order valence-corrected chi connectivity index (χ1v) is 9.48. The smallest absolute Gasteiger partial charge is 0.232 e. The number of halogens is 1.